The highest BCUT2D eigenvalue weighted by Gasteiger charge is 2.17. The summed E-state index contributed by atoms with van der Waals surface area (Å²) < 4.78 is 0. The number of nitrogens with one attached hydrogen (secondary N) is 2. The van der Waals surface area contributed by atoms with Gasteiger partial charge in [0.2, 0.25) is 0 Å². The molecule has 136 valence electrons. The molecule has 1 fully saturated rings. The Morgan fingerprint density at radius 3 is 2.48 bits per heavy atom. The summed E-state index contributed by atoms with van der Waals surface area (Å²) >= 11 is 0. The lowest BCUT2D eigenvalue weighted by Crippen LogP contribution is -2.44. The first-order valence-corrected chi connectivity index (χ1v) is 9.32. The van der Waals surface area contributed by atoms with E-state index in [2.05, 4.69) is 60.2 Å². The highest BCUT2D eigenvalue weighted by molar-refractivity contribution is 5.79. The van der Waals surface area contributed by atoms with Crippen LogP contribution in [0.5, 0.6) is 0 Å². The van der Waals surface area contributed by atoms with E-state index in [1.54, 1.807) is 0 Å². The summed E-state index contributed by atoms with van der Waals surface area (Å²) in [4.78, 5) is 9.31. The Bertz CT molecular complexity index is 332. The standard InChI is InChI=1S/C18H39N5/c1-15(2)23(16(3)4)12-8-10-20-18(19-5)21-13-17-9-7-11-22(6)14-17/h15-17H,7-14H2,1-6H3,(H2,19,20,21). The van der Waals surface area contributed by atoms with Gasteiger partial charge in [-0.1, -0.05) is 0 Å². The second kappa shape index (κ2) is 10.9. The van der Waals surface area contributed by atoms with Gasteiger partial charge in [-0.05, 0) is 66.5 Å². The maximum atomic E-state index is 4.35. The SMILES string of the molecule is CN=C(NCCCN(C(C)C)C(C)C)NCC1CCCN(C)C1. The minimum atomic E-state index is 0.607. The molecule has 5 nitrogen and oxygen atoms in total. The van der Waals surface area contributed by atoms with Crippen molar-refractivity contribution >= 4 is 5.96 Å². The molecule has 1 rings (SSSR count). The van der Waals surface area contributed by atoms with E-state index in [4.69, 9.17) is 0 Å². The Morgan fingerprint density at radius 2 is 1.91 bits per heavy atom. The number of piperidine rings is 1. The van der Waals surface area contributed by atoms with Crippen LogP contribution in [0, 0.1) is 5.92 Å². The lowest BCUT2D eigenvalue weighted by atomic mass is 9.99. The van der Waals surface area contributed by atoms with Crippen LogP contribution in [0.25, 0.3) is 0 Å². The largest absolute Gasteiger partial charge is 0.356 e. The van der Waals surface area contributed by atoms with Gasteiger partial charge in [-0.3, -0.25) is 9.89 Å². The molecule has 0 aromatic rings. The summed E-state index contributed by atoms with van der Waals surface area (Å²) in [6.07, 6.45) is 3.78. The second-order valence-corrected chi connectivity index (χ2v) is 7.43. The Kier molecular flexibility index (Phi) is 9.56. The topological polar surface area (TPSA) is 42.9 Å². The van der Waals surface area contributed by atoms with Crippen molar-refractivity contribution < 1.29 is 0 Å². The number of rotatable bonds is 8. The van der Waals surface area contributed by atoms with E-state index < -0.39 is 0 Å². The molecule has 0 aliphatic carbocycles. The van der Waals surface area contributed by atoms with Crippen LogP contribution >= 0.6 is 0 Å². The molecule has 1 atom stereocenters. The van der Waals surface area contributed by atoms with Gasteiger partial charge in [-0.2, -0.15) is 0 Å². The van der Waals surface area contributed by atoms with Crippen molar-refractivity contribution in [2.24, 2.45) is 10.9 Å². The third-order valence-electron chi connectivity index (χ3n) is 4.72. The molecule has 0 saturated carbocycles. The van der Waals surface area contributed by atoms with E-state index in [0.29, 0.717) is 12.1 Å². The number of guanidine groups is 1. The average molecular weight is 326 g/mol. The van der Waals surface area contributed by atoms with Crippen LogP contribution in [0.3, 0.4) is 0 Å². The zero-order valence-electron chi connectivity index (χ0n) is 16.2. The number of aliphatic imine (C=N–C) groups is 1. The van der Waals surface area contributed by atoms with Crippen LogP contribution in [-0.2, 0) is 0 Å². The Balaban J connectivity index is 2.21. The van der Waals surface area contributed by atoms with Crippen molar-refractivity contribution in [3.8, 4) is 0 Å². The van der Waals surface area contributed by atoms with Crippen LogP contribution in [0.15, 0.2) is 4.99 Å². The first-order valence-electron chi connectivity index (χ1n) is 9.32. The molecule has 23 heavy (non-hydrogen) atoms. The van der Waals surface area contributed by atoms with Crippen LogP contribution in [0.2, 0.25) is 0 Å². The molecule has 1 saturated heterocycles. The van der Waals surface area contributed by atoms with Crippen LogP contribution < -0.4 is 10.6 Å². The summed E-state index contributed by atoms with van der Waals surface area (Å²) in [5.41, 5.74) is 0. The fraction of sp³-hybridized carbons (Fsp3) is 0.944. The summed E-state index contributed by atoms with van der Waals surface area (Å²) in [6, 6.07) is 1.21. The van der Waals surface area contributed by atoms with E-state index in [9.17, 15) is 0 Å². The summed E-state index contributed by atoms with van der Waals surface area (Å²) in [6.45, 7) is 14.7. The zero-order valence-corrected chi connectivity index (χ0v) is 16.2. The minimum absolute atomic E-state index is 0.607. The van der Waals surface area contributed by atoms with Crippen molar-refractivity contribution in [3.05, 3.63) is 0 Å². The van der Waals surface area contributed by atoms with E-state index in [1.165, 1.54) is 25.9 Å². The van der Waals surface area contributed by atoms with Gasteiger partial charge in [0.1, 0.15) is 0 Å². The van der Waals surface area contributed by atoms with Crippen molar-refractivity contribution in [2.75, 3.05) is 46.8 Å². The quantitative estimate of drug-likeness (QED) is 0.407. The predicted molar refractivity (Wildman–Crippen MR) is 101 cm³/mol. The average Bonchev–Trinajstić information content (AvgIpc) is 2.49. The molecule has 5 heteroatoms. The third-order valence-corrected chi connectivity index (χ3v) is 4.72. The third kappa shape index (κ3) is 8.02. The van der Waals surface area contributed by atoms with Crippen molar-refractivity contribution in [3.63, 3.8) is 0 Å². The number of hydrogen-bond donors (Lipinski definition) is 2. The van der Waals surface area contributed by atoms with E-state index >= 15 is 0 Å². The first-order chi connectivity index (χ1) is 10.9. The summed E-state index contributed by atoms with van der Waals surface area (Å²) in [7, 11) is 4.07. The Hall–Kier alpha value is -0.810. The summed E-state index contributed by atoms with van der Waals surface area (Å²) in [5, 5.41) is 6.94. The van der Waals surface area contributed by atoms with Gasteiger partial charge < -0.3 is 15.5 Å². The van der Waals surface area contributed by atoms with E-state index in [1.807, 2.05) is 7.05 Å². The molecule has 0 spiro atoms. The minimum Gasteiger partial charge on any atom is -0.356 e. The monoisotopic (exact) mass is 325 g/mol. The zero-order chi connectivity index (χ0) is 17.2. The maximum Gasteiger partial charge on any atom is 0.190 e. The number of likely N-dealkylation sites (tertiary alicyclic amines) is 1. The van der Waals surface area contributed by atoms with E-state index in [-0.39, 0.29) is 0 Å². The van der Waals surface area contributed by atoms with Crippen LogP contribution in [-0.4, -0.2) is 74.7 Å². The molecular weight excluding hydrogens is 286 g/mol. The molecule has 1 aliphatic rings. The van der Waals surface area contributed by atoms with Gasteiger partial charge in [-0.25, -0.2) is 0 Å². The van der Waals surface area contributed by atoms with Crippen molar-refractivity contribution in [1.82, 2.24) is 20.4 Å². The normalized spacial score (nSPS) is 20.6. The highest BCUT2D eigenvalue weighted by atomic mass is 15.2. The molecule has 1 heterocycles. The van der Waals surface area contributed by atoms with Crippen molar-refractivity contribution in [1.29, 1.82) is 0 Å². The highest BCUT2D eigenvalue weighted by Crippen LogP contribution is 2.13. The van der Waals surface area contributed by atoms with Gasteiger partial charge >= 0.3 is 0 Å². The molecule has 0 amide bonds. The molecule has 0 bridgehead atoms. The number of hydrogen-bond acceptors (Lipinski definition) is 3. The molecule has 0 radical (unpaired) electrons. The molecule has 2 N–H and O–H groups in total. The van der Waals surface area contributed by atoms with Gasteiger partial charge in [-0.15, -0.1) is 0 Å². The Labute approximate surface area is 143 Å². The van der Waals surface area contributed by atoms with Crippen molar-refractivity contribution in [2.45, 2.75) is 59.0 Å². The maximum absolute atomic E-state index is 4.35. The summed E-state index contributed by atoms with van der Waals surface area (Å²) in [5.74, 6) is 1.68. The molecule has 1 aliphatic heterocycles. The van der Waals surface area contributed by atoms with Gasteiger partial charge in [0.25, 0.3) is 0 Å². The lowest BCUT2D eigenvalue weighted by molar-refractivity contribution is 0.173. The number of nitrogens with zero attached hydrogens (tertiary/aromatic N) is 3. The fourth-order valence-corrected chi connectivity index (χ4v) is 3.48. The second-order valence-electron chi connectivity index (χ2n) is 7.43. The van der Waals surface area contributed by atoms with Gasteiger partial charge in [0.15, 0.2) is 5.96 Å². The lowest BCUT2D eigenvalue weighted by Gasteiger charge is -2.31. The Morgan fingerprint density at radius 1 is 1.22 bits per heavy atom. The first kappa shape index (κ1) is 20.2. The van der Waals surface area contributed by atoms with Crippen LogP contribution in [0.1, 0.15) is 47.0 Å². The fourth-order valence-electron chi connectivity index (χ4n) is 3.48. The smallest absolute Gasteiger partial charge is 0.190 e. The van der Waals surface area contributed by atoms with E-state index in [0.717, 1.165) is 37.9 Å². The molecule has 1 unspecified atom stereocenters. The van der Waals surface area contributed by atoms with Gasteiger partial charge in [0, 0.05) is 45.3 Å². The van der Waals surface area contributed by atoms with Gasteiger partial charge in [0.05, 0.1) is 0 Å². The van der Waals surface area contributed by atoms with Crippen LogP contribution in [0.4, 0.5) is 0 Å². The molecule has 0 aromatic carbocycles. The molecular formula is C18H39N5. The molecule has 0 aromatic heterocycles. The predicted octanol–water partition coefficient (Wildman–Crippen LogP) is 2.00.